The molecule has 0 unspecified atom stereocenters. The Morgan fingerprint density at radius 1 is 1.12 bits per heavy atom. The molecule has 8 heteroatoms. The van der Waals surface area contributed by atoms with Crippen molar-refractivity contribution in [1.82, 2.24) is 10.2 Å². The molecule has 8 nitrogen and oxygen atoms in total. The lowest BCUT2D eigenvalue weighted by molar-refractivity contribution is -0.384. The minimum atomic E-state index is -0.712. The number of nitro benzene ring substituents is 1. The van der Waals surface area contributed by atoms with Crippen molar-refractivity contribution in [2.75, 3.05) is 6.54 Å². The molecule has 0 saturated carbocycles. The normalized spacial score (nSPS) is 14.1. The maximum Gasteiger partial charge on any atom is 0.270 e. The summed E-state index contributed by atoms with van der Waals surface area (Å²) in [5, 5.41) is 13.6. The Morgan fingerprint density at radius 3 is 2.42 bits per heavy atom. The number of fused-ring (bicyclic) bond motifs is 1. The fourth-order valence-electron chi connectivity index (χ4n) is 2.79. The van der Waals surface area contributed by atoms with Crippen LogP contribution in [-0.4, -0.2) is 34.1 Å². The summed E-state index contributed by atoms with van der Waals surface area (Å²) in [6.45, 7) is 1.34. The van der Waals surface area contributed by atoms with Crippen molar-refractivity contribution in [2.45, 2.75) is 13.0 Å². The molecule has 0 bridgehead atoms. The van der Waals surface area contributed by atoms with Crippen LogP contribution in [0.5, 0.6) is 0 Å². The van der Waals surface area contributed by atoms with E-state index >= 15 is 0 Å². The number of rotatable bonds is 5. The highest BCUT2D eigenvalue weighted by Crippen LogP contribution is 2.26. The van der Waals surface area contributed by atoms with Crippen molar-refractivity contribution in [3.63, 3.8) is 0 Å². The summed E-state index contributed by atoms with van der Waals surface area (Å²) in [4.78, 5) is 47.9. The molecule has 1 N–H and O–H groups in total. The van der Waals surface area contributed by atoms with Crippen molar-refractivity contribution in [2.24, 2.45) is 0 Å². The second-order valence-corrected chi connectivity index (χ2v) is 5.88. The largest absolute Gasteiger partial charge is 0.348 e. The van der Waals surface area contributed by atoms with Crippen LogP contribution in [0, 0.1) is 10.1 Å². The first-order chi connectivity index (χ1) is 12.4. The van der Waals surface area contributed by atoms with Gasteiger partial charge in [-0.05, 0) is 18.6 Å². The van der Waals surface area contributed by atoms with Gasteiger partial charge in [-0.15, -0.1) is 0 Å². The maximum atomic E-state index is 12.4. The average molecular weight is 353 g/mol. The topological polar surface area (TPSA) is 110 Å². The Kier molecular flexibility index (Phi) is 4.49. The molecule has 0 aliphatic carbocycles. The van der Waals surface area contributed by atoms with Gasteiger partial charge in [0.2, 0.25) is 5.91 Å². The molecule has 26 heavy (non-hydrogen) atoms. The van der Waals surface area contributed by atoms with Crippen molar-refractivity contribution in [3.05, 3.63) is 75.3 Å². The van der Waals surface area contributed by atoms with Gasteiger partial charge in [0.1, 0.15) is 6.54 Å². The van der Waals surface area contributed by atoms with Crippen LogP contribution in [0.3, 0.4) is 0 Å². The number of hydrogen-bond acceptors (Lipinski definition) is 5. The van der Waals surface area contributed by atoms with E-state index in [-0.39, 0.29) is 22.9 Å². The van der Waals surface area contributed by atoms with E-state index < -0.39 is 29.2 Å². The zero-order valence-electron chi connectivity index (χ0n) is 13.8. The van der Waals surface area contributed by atoms with Gasteiger partial charge < -0.3 is 5.32 Å². The molecule has 1 aliphatic heterocycles. The van der Waals surface area contributed by atoms with Gasteiger partial charge in [-0.2, -0.15) is 0 Å². The standard InChI is InChI=1S/C18H15N3O5/c1-11(12-5-3-2-4-6-12)19-16(22)10-20-17(23)14-8-7-13(21(25)26)9-15(14)18(20)24/h2-9,11H,10H2,1H3,(H,19,22)/t11-/m1/s1. The SMILES string of the molecule is C[C@@H](NC(=O)CN1C(=O)c2ccc([N+](=O)[O-])cc2C1=O)c1ccccc1. The molecule has 3 amide bonds. The summed E-state index contributed by atoms with van der Waals surface area (Å²) in [5.41, 5.74) is 0.602. The fraction of sp³-hybridized carbons (Fsp3) is 0.167. The monoisotopic (exact) mass is 353 g/mol. The molecule has 0 radical (unpaired) electrons. The van der Waals surface area contributed by atoms with Crippen LogP contribution in [0.2, 0.25) is 0 Å². The minimum Gasteiger partial charge on any atom is -0.348 e. The summed E-state index contributed by atoms with van der Waals surface area (Å²) in [5.74, 6) is -1.84. The van der Waals surface area contributed by atoms with Crippen molar-refractivity contribution >= 4 is 23.4 Å². The Hall–Kier alpha value is -3.55. The van der Waals surface area contributed by atoms with Gasteiger partial charge in [0.05, 0.1) is 22.1 Å². The number of imide groups is 1. The lowest BCUT2D eigenvalue weighted by Crippen LogP contribution is -2.41. The molecule has 2 aromatic carbocycles. The molecule has 2 aromatic rings. The summed E-state index contributed by atoms with van der Waals surface area (Å²) >= 11 is 0. The molecule has 1 atom stereocenters. The number of nitrogens with zero attached hydrogens (tertiary/aromatic N) is 2. The smallest absolute Gasteiger partial charge is 0.270 e. The van der Waals surface area contributed by atoms with Gasteiger partial charge in [-0.3, -0.25) is 29.4 Å². The van der Waals surface area contributed by atoms with Gasteiger partial charge in [0.15, 0.2) is 0 Å². The zero-order valence-corrected chi connectivity index (χ0v) is 13.8. The first-order valence-corrected chi connectivity index (χ1v) is 7.87. The first-order valence-electron chi connectivity index (χ1n) is 7.87. The summed E-state index contributed by atoms with van der Waals surface area (Å²) in [6.07, 6.45) is 0. The highest BCUT2D eigenvalue weighted by atomic mass is 16.6. The van der Waals surface area contributed by atoms with Crippen LogP contribution in [0.1, 0.15) is 39.2 Å². The summed E-state index contributed by atoms with van der Waals surface area (Å²) in [7, 11) is 0. The van der Waals surface area contributed by atoms with Gasteiger partial charge in [0.25, 0.3) is 17.5 Å². The van der Waals surface area contributed by atoms with E-state index in [2.05, 4.69) is 5.32 Å². The van der Waals surface area contributed by atoms with Gasteiger partial charge >= 0.3 is 0 Å². The fourth-order valence-corrected chi connectivity index (χ4v) is 2.79. The van der Waals surface area contributed by atoms with Crippen LogP contribution >= 0.6 is 0 Å². The highest BCUT2D eigenvalue weighted by molar-refractivity contribution is 6.22. The van der Waals surface area contributed by atoms with E-state index in [1.165, 1.54) is 6.07 Å². The van der Waals surface area contributed by atoms with Gasteiger partial charge in [-0.25, -0.2) is 0 Å². The number of benzene rings is 2. The van der Waals surface area contributed by atoms with Crippen LogP contribution in [0.25, 0.3) is 0 Å². The Balaban J connectivity index is 1.72. The number of carbonyl (C=O) groups is 3. The Bertz CT molecular complexity index is 910. The number of hydrogen-bond donors (Lipinski definition) is 1. The molecule has 3 rings (SSSR count). The molecule has 1 heterocycles. The summed E-state index contributed by atoms with van der Waals surface area (Å²) < 4.78 is 0. The first kappa shape index (κ1) is 17.3. The van der Waals surface area contributed by atoms with Crippen LogP contribution in [-0.2, 0) is 4.79 Å². The van der Waals surface area contributed by atoms with Crippen molar-refractivity contribution in [1.29, 1.82) is 0 Å². The molecule has 1 aliphatic rings. The van der Waals surface area contributed by atoms with Crippen LogP contribution in [0.4, 0.5) is 5.69 Å². The number of non-ortho nitro benzene ring substituents is 1. The Labute approximate surface area is 148 Å². The van der Waals surface area contributed by atoms with Crippen LogP contribution < -0.4 is 5.32 Å². The van der Waals surface area contributed by atoms with E-state index in [4.69, 9.17) is 0 Å². The molecule has 0 spiro atoms. The average Bonchev–Trinajstić information content (AvgIpc) is 2.87. The minimum absolute atomic E-state index is 0.0597. The van der Waals surface area contributed by atoms with E-state index in [9.17, 15) is 24.5 Å². The van der Waals surface area contributed by atoms with Gasteiger partial charge in [0, 0.05) is 12.1 Å². The molecule has 0 aromatic heterocycles. The molecule has 132 valence electrons. The number of nitro groups is 1. The maximum absolute atomic E-state index is 12.4. The number of carbonyl (C=O) groups excluding carboxylic acids is 3. The van der Waals surface area contributed by atoms with E-state index in [1.807, 2.05) is 30.3 Å². The van der Waals surface area contributed by atoms with Crippen LogP contribution in [0.15, 0.2) is 48.5 Å². The second-order valence-electron chi connectivity index (χ2n) is 5.88. The van der Waals surface area contributed by atoms with Crippen molar-refractivity contribution in [3.8, 4) is 0 Å². The quantitative estimate of drug-likeness (QED) is 0.503. The molecule has 0 fully saturated rings. The lowest BCUT2D eigenvalue weighted by atomic mass is 10.1. The van der Waals surface area contributed by atoms with Gasteiger partial charge in [-0.1, -0.05) is 30.3 Å². The molecular formula is C18H15N3O5. The third kappa shape index (κ3) is 3.16. The third-order valence-corrected chi connectivity index (χ3v) is 4.14. The number of nitrogens with one attached hydrogen (secondary N) is 1. The highest BCUT2D eigenvalue weighted by Gasteiger charge is 2.37. The molecule has 0 saturated heterocycles. The number of amides is 3. The predicted octanol–water partition coefficient (Wildman–Crippen LogP) is 2.07. The van der Waals surface area contributed by atoms with E-state index in [0.29, 0.717) is 0 Å². The van der Waals surface area contributed by atoms with E-state index in [1.54, 1.807) is 6.92 Å². The van der Waals surface area contributed by atoms with E-state index in [0.717, 1.165) is 22.6 Å². The summed E-state index contributed by atoms with van der Waals surface area (Å²) in [6, 6.07) is 12.4. The zero-order chi connectivity index (χ0) is 18.8. The lowest BCUT2D eigenvalue weighted by Gasteiger charge is -2.17. The Morgan fingerprint density at radius 2 is 1.77 bits per heavy atom. The van der Waals surface area contributed by atoms with Crippen molar-refractivity contribution < 1.29 is 19.3 Å². The molecular weight excluding hydrogens is 338 g/mol. The second kappa shape index (κ2) is 6.75. The third-order valence-electron chi connectivity index (χ3n) is 4.14. The predicted molar refractivity (Wildman–Crippen MR) is 91.5 cm³/mol.